The Morgan fingerprint density at radius 2 is 1.95 bits per heavy atom. The van der Waals surface area contributed by atoms with Gasteiger partial charge in [0.05, 0.1) is 0 Å². The van der Waals surface area contributed by atoms with E-state index in [0.717, 1.165) is 24.8 Å². The summed E-state index contributed by atoms with van der Waals surface area (Å²) in [5.74, 6) is 0.649. The second-order valence-corrected chi connectivity index (χ2v) is 6.74. The van der Waals surface area contributed by atoms with Crippen molar-refractivity contribution < 1.29 is 0 Å². The molecule has 1 unspecified atom stereocenters. The predicted octanol–water partition coefficient (Wildman–Crippen LogP) is 2.45. The molecular weight excluding hydrogens is 256 g/mol. The van der Waals surface area contributed by atoms with Gasteiger partial charge in [0.25, 0.3) is 0 Å². The second-order valence-electron chi connectivity index (χ2n) is 5.70. The summed E-state index contributed by atoms with van der Waals surface area (Å²) in [6, 6.07) is 0.376. The number of aromatic nitrogens is 1. The Hall–Kier alpha value is -0.650. The SMILES string of the molecule is CNC(C)c1cnc(N(CCN(C)C)CC(C)C)s1. The van der Waals surface area contributed by atoms with E-state index in [1.54, 1.807) is 11.3 Å². The summed E-state index contributed by atoms with van der Waals surface area (Å²) in [6.07, 6.45) is 2.00. The topological polar surface area (TPSA) is 31.4 Å². The Kier molecular flexibility index (Phi) is 6.75. The summed E-state index contributed by atoms with van der Waals surface area (Å²) >= 11 is 1.80. The number of hydrogen-bond donors (Lipinski definition) is 1. The first-order valence-corrected chi connectivity index (χ1v) is 7.78. The lowest BCUT2D eigenvalue weighted by atomic mass is 10.2. The van der Waals surface area contributed by atoms with Gasteiger partial charge in [-0.05, 0) is 34.0 Å². The van der Waals surface area contributed by atoms with Crippen molar-refractivity contribution in [1.29, 1.82) is 0 Å². The fourth-order valence-electron chi connectivity index (χ4n) is 1.79. The third kappa shape index (κ3) is 5.47. The predicted molar refractivity (Wildman–Crippen MR) is 85.2 cm³/mol. The molecule has 1 rings (SSSR count). The molecule has 1 aromatic heterocycles. The van der Waals surface area contributed by atoms with Crippen LogP contribution in [0.5, 0.6) is 0 Å². The van der Waals surface area contributed by atoms with Crippen molar-refractivity contribution in [2.75, 3.05) is 45.7 Å². The lowest BCUT2D eigenvalue weighted by Gasteiger charge is -2.25. The van der Waals surface area contributed by atoms with Gasteiger partial charge in [-0.25, -0.2) is 4.98 Å². The first-order valence-electron chi connectivity index (χ1n) is 6.96. The van der Waals surface area contributed by atoms with Crippen molar-refractivity contribution in [2.45, 2.75) is 26.8 Å². The Morgan fingerprint density at radius 1 is 1.26 bits per heavy atom. The number of rotatable bonds is 8. The summed E-state index contributed by atoms with van der Waals surface area (Å²) < 4.78 is 0. The molecule has 19 heavy (non-hydrogen) atoms. The van der Waals surface area contributed by atoms with Crippen LogP contribution in [0.25, 0.3) is 0 Å². The van der Waals surface area contributed by atoms with Gasteiger partial charge in [-0.3, -0.25) is 0 Å². The highest BCUT2D eigenvalue weighted by molar-refractivity contribution is 7.15. The zero-order valence-corrected chi connectivity index (χ0v) is 13.9. The van der Waals surface area contributed by atoms with Crippen LogP contribution in [-0.2, 0) is 0 Å². The van der Waals surface area contributed by atoms with Crippen LogP contribution in [0.4, 0.5) is 5.13 Å². The largest absolute Gasteiger partial charge is 0.347 e. The first kappa shape index (κ1) is 16.4. The van der Waals surface area contributed by atoms with Crippen LogP contribution in [0.2, 0.25) is 0 Å². The van der Waals surface area contributed by atoms with E-state index in [9.17, 15) is 0 Å². The fraction of sp³-hybridized carbons (Fsp3) is 0.786. The van der Waals surface area contributed by atoms with Gasteiger partial charge in [0, 0.05) is 36.8 Å². The van der Waals surface area contributed by atoms with Gasteiger partial charge in [-0.1, -0.05) is 13.8 Å². The van der Waals surface area contributed by atoms with E-state index < -0.39 is 0 Å². The maximum atomic E-state index is 4.60. The van der Waals surface area contributed by atoms with Gasteiger partial charge in [0.1, 0.15) is 0 Å². The van der Waals surface area contributed by atoms with Crippen LogP contribution in [0, 0.1) is 5.92 Å². The maximum Gasteiger partial charge on any atom is 0.185 e. The average Bonchev–Trinajstić information content (AvgIpc) is 2.82. The van der Waals surface area contributed by atoms with Crippen LogP contribution >= 0.6 is 11.3 Å². The second kappa shape index (κ2) is 7.82. The van der Waals surface area contributed by atoms with E-state index in [1.165, 1.54) is 4.88 Å². The summed E-state index contributed by atoms with van der Waals surface area (Å²) in [5.41, 5.74) is 0. The Bertz CT molecular complexity index is 362. The molecule has 1 aromatic rings. The van der Waals surface area contributed by atoms with Crippen molar-refractivity contribution in [3.63, 3.8) is 0 Å². The van der Waals surface area contributed by atoms with Crippen LogP contribution < -0.4 is 10.2 Å². The molecule has 1 heterocycles. The molecule has 110 valence electrons. The van der Waals surface area contributed by atoms with E-state index in [1.807, 2.05) is 13.2 Å². The maximum absolute atomic E-state index is 4.60. The minimum atomic E-state index is 0.376. The Balaban J connectivity index is 2.75. The summed E-state index contributed by atoms with van der Waals surface area (Å²) in [7, 11) is 6.22. The van der Waals surface area contributed by atoms with Crippen LogP contribution in [0.3, 0.4) is 0 Å². The van der Waals surface area contributed by atoms with E-state index in [0.29, 0.717) is 12.0 Å². The van der Waals surface area contributed by atoms with Gasteiger partial charge in [-0.2, -0.15) is 0 Å². The van der Waals surface area contributed by atoms with E-state index >= 15 is 0 Å². The molecule has 4 nitrogen and oxygen atoms in total. The van der Waals surface area contributed by atoms with Gasteiger partial charge in [0.2, 0.25) is 0 Å². The zero-order chi connectivity index (χ0) is 14.4. The van der Waals surface area contributed by atoms with E-state index in [-0.39, 0.29) is 0 Å². The van der Waals surface area contributed by atoms with Crippen molar-refractivity contribution in [3.8, 4) is 0 Å². The van der Waals surface area contributed by atoms with E-state index in [4.69, 9.17) is 0 Å². The van der Waals surface area contributed by atoms with E-state index in [2.05, 4.69) is 55.0 Å². The molecule has 1 atom stereocenters. The quantitative estimate of drug-likeness (QED) is 0.794. The number of anilines is 1. The number of nitrogens with one attached hydrogen (secondary N) is 1. The molecular formula is C14H28N4S. The van der Waals surface area contributed by atoms with Gasteiger partial charge >= 0.3 is 0 Å². The molecule has 0 aliphatic rings. The smallest absolute Gasteiger partial charge is 0.185 e. The number of nitrogens with zero attached hydrogens (tertiary/aromatic N) is 3. The number of thiazole rings is 1. The van der Waals surface area contributed by atoms with Crippen LogP contribution in [0.15, 0.2) is 6.20 Å². The number of likely N-dealkylation sites (N-methyl/N-ethyl adjacent to an activating group) is 1. The molecule has 1 N–H and O–H groups in total. The minimum Gasteiger partial charge on any atom is -0.347 e. The van der Waals surface area contributed by atoms with Gasteiger partial charge < -0.3 is 15.1 Å². The fourth-order valence-corrected chi connectivity index (χ4v) is 2.80. The lowest BCUT2D eigenvalue weighted by Crippen LogP contribution is -2.34. The Labute approximate surface area is 121 Å². The lowest BCUT2D eigenvalue weighted by molar-refractivity contribution is 0.409. The third-order valence-corrected chi connectivity index (χ3v) is 4.29. The highest BCUT2D eigenvalue weighted by Crippen LogP contribution is 2.27. The molecule has 0 aliphatic carbocycles. The highest BCUT2D eigenvalue weighted by atomic mass is 32.1. The molecule has 5 heteroatoms. The molecule has 0 saturated heterocycles. The van der Waals surface area contributed by atoms with Crippen LogP contribution in [0.1, 0.15) is 31.7 Å². The Morgan fingerprint density at radius 3 is 2.47 bits per heavy atom. The summed E-state index contributed by atoms with van der Waals surface area (Å²) in [6.45, 7) is 9.84. The van der Waals surface area contributed by atoms with Crippen LogP contribution in [-0.4, -0.2) is 50.7 Å². The first-order chi connectivity index (χ1) is 8.93. The summed E-state index contributed by atoms with van der Waals surface area (Å²) in [4.78, 5) is 10.5. The zero-order valence-electron chi connectivity index (χ0n) is 13.1. The molecule has 0 spiro atoms. The number of hydrogen-bond acceptors (Lipinski definition) is 5. The normalized spacial score (nSPS) is 13.3. The van der Waals surface area contributed by atoms with Crippen molar-refractivity contribution in [1.82, 2.24) is 15.2 Å². The average molecular weight is 284 g/mol. The molecule has 0 fully saturated rings. The molecule has 0 saturated carbocycles. The van der Waals surface area contributed by atoms with Crippen molar-refractivity contribution in [3.05, 3.63) is 11.1 Å². The van der Waals surface area contributed by atoms with Crippen molar-refractivity contribution >= 4 is 16.5 Å². The van der Waals surface area contributed by atoms with Gasteiger partial charge in [0.15, 0.2) is 5.13 Å². The molecule has 0 aliphatic heterocycles. The standard InChI is InChI=1S/C14H28N4S/c1-11(2)10-18(8-7-17(5)6)14-16-9-13(19-14)12(3)15-4/h9,11-12,15H,7-8,10H2,1-6H3. The molecule has 0 amide bonds. The monoisotopic (exact) mass is 284 g/mol. The van der Waals surface area contributed by atoms with Crippen molar-refractivity contribution in [2.24, 2.45) is 5.92 Å². The molecule has 0 radical (unpaired) electrons. The highest BCUT2D eigenvalue weighted by Gasteiger charge is 2.15. The third-order valence-electron chi connectivity index (χ3n) is 3.04. The molecule has 0 bridgehead atoms. The summed E-state index contributed by atoms with van der Waals surface area (Å²) in [5, 5.41) is 4.41. The molecule has 0 aromatic carbocycles. The van der Waals surface area contributed by atoms with Gasteiger partial charge in [-0.15, -0.1) is 11.3 Å². The minimum absolute atomic E-state index is 0.376.